The van der Waals surface area contributed by atoms with E-state index in [1.54, 1.807) is 0 Å². The number of carbonyl (C=O) groups excluding carboxylic acids is 1. The van der Waals surface area contributed by atoms with Crippen LogP contribution in [0.3, 0.4) is 0 Å². The largest absolute Gasteiger partial charge is 0.355 e. The number of amides is 1. The smallest absolute Gasteiger partial charge is 0.234 e. The molecule has 15 heavy (non-hydrogen) atoms. The van der Waals surface area contributed by atoms with Gasteiger partial charge < -0.3 is 10.6 Å². The van der Waals surface area contributed by atoms with Gasteiger partial charge in [0.1, 0.15) is 0 Å². The highest BCUT2D eigenvalue weighted by Crippen LogP contribution is 2.27. The van der Waals surface area contributed by atoms with Crippen LogP contribution in [0.5, 0.6) is 0 Å². The third kappa shape index (κ3) is 3.80. The van der Waals surface area contributed by atoms with Gasteiger partial charge in [0.2, 0.25) is 5.91 Å². The van der Waals surface area contributed by atoms with Gasteiger partial charge in [-0.05, 0) is 25.7 Å². The van der Waals surface area contributed by atoms with Crippen molar-refractivity contribution in [2.24, 2.45) is 5.92 Å². The summed E-state index contributed by atoms with van der Waals surface area (Å²) in [6.45, 7) is 6.59. The molecule has 1 saturated heterocycles. The van der Waals surface area contributed by atoms with Gasteiger partial charge in [0.25, 0.3) is 0 Å². The molecule has 0 aromatic carbocycles. The van der Waals surface area contributed by atoms with Crippen LogP contribution in [0.25, 0.3) is 0 Å². The third-order valence-electron chi connectivity index (χ3n) is 3.10. The van der Waals surface area contributed by atoms with Gasteiger partial charge in [-0.3, -0.25) is 9.69 Å². The molecule has 2 N–H and O–H groups in total. The number of rotatable bonds is 4. The van der Waals surface area contributed by atoms with Crippen molar-refractivity contribution >= 4 is 5.91 Å². The summed E-state index contributed by atoms with van der Waals surface area (Å²) in [7, 11) is 0. The highest BCUT2D eigenvalue weighted by Gasteiger charge is 2.22. The molecule has 2 fully saturated rings. The maximum atomic E-state index is 11.6. The van der Waals surface area contributed by atoms with E-state index in [-0.39, 0.29) is 5.91 Å². The predicted molar refractivity (Wildman–Crippen MR) is 59.6 cm³/mol. The van der Waals surface area contributed by atoms with Crippen LogP contribution in [0, 0.1) is 5.92 Å². The van der Waals surface area contributed by atoms with E-state index in [9.17, 15) is 4.79 Å². The Hall–Kier alpha value is -0.610. The zero-order valence-corrected chi connectivity index (χ0v) is 9.46. The summed E-state index contributed by atoms with van der Waals surface area (Å²) < 4.78 is 0. The molecule has 1 atom stereocenters. The van der Waals surface area contributed by atoms with E-state index >= 15 is 0 Å². The summed E-state index contributed by atoms with van der Waals surface area (Å²) in [6.07, 6.45) is 2.59. The van der Waals surface area contributed by atoms with Crippen LogP contribution in [-0.4, -0.2) is 49.6 Å². The normalized spacial score (nSPS) is 27.7. The molecule has 2 rings (SSSR count). The lowest BCUT2D eigenvalue weighted by Gasteiger charge is -2.31. The van der Waals surface area contributed by atoms with E-state index < -0.39 is 0 Å². The molecule has 0 aromatic rings. The first-order chi connectivity index (χ1) is 7.24. The van der Waals surface area contributed by atoms with Crippen molar-refractivity contribution in [2.75, 3.05) is 32.7 Å². The number of hydrogen-bond acceptors (Lipinski definition) is 3. The van der Waals surface area contributed by atoms with Crippen LogP contribution in [0.4, 0.5) is 0 Å². The minimum absolute atomic E-state index is 0.191. The van der Waals surface area contributed by atoms with Gasteiger partial charge in [0.15, 0.2) is 0 Å². The van der Waals surface area contributed by atoms with Crippen molar-refractivity contribution in [3.05, 3.63) is 0 Å². The molecular formula is C11H21N3O. The van der Waals surface area contributed by atoms with Gasteiger partial charge in [0, 0.05) is 32.2 Å². The first kappa shape index (κ1) is 10.9. The topological polar surface area (TPSA) is 44.4 Å². The molecule has 0 radical (unpaired) electrons. The van der Waals surface area contributed by atoms with Gasteiger partial charge in [-0.1, -0.05) is 0 Å². The molecule has 86 valence electrons. The molecular weight excluding hydrogens is 190 g/mol. The van der Waals surface area contributed by atoms with Crippen molar-refractivity contribution < 1.29 is 4.79 Å². The lowest BCUT2D eigenvalue weighted by molar-refractivity contribution is -0.122. The summed E-state index contributed by atoms with van der Waals surface area (Å²) in [5.74, 6) is 0.965. The van der Waals surface area contributed by atoms with Crippen molar-refractivity contribution in [2.45, 2.75) is 25.8 Å². The predicted octanol–water partition coefficient (Wildman–Crippen LogP) is -0.194. The van der Waals surface area contributed by atoms with Crippen LogP contribution in [0.2, 0.25) is 0 Å². The maximum Gasteiger partial charge on any atom is 0.234 e. The molecule has 1 saturated carbocycles. The fraction of sp³-hybridized carbons (Fsp3) is 0.909. The number of hydrogen-bond donors (Lipinski definition) is 2. The monoisotopic (exact) mass is 211 g/mol. The minimum atomic E-state index is 0.191. The first-order valence-corrected chi connectivity index (χ1v) is 5.96. The zero-order valence-electron chi connectivity index (χ0n) is 9.46. The van der Waals surface area contributed by atoms with E-state index in [2.05, 4.69) is 22.5 Å². The Morgan fingerprint density at radius 2 is 2.33 bits per heavy atom. The second-order valence-electron chi connectivity index (χ2n) is 4.84. The van der Waals surface area contributed by atoms with Crippen LogP contribution in [-0.2, 0) is 4.79 Å². The standard InChI is InChI=1S/C11H21N3O/c1-9-7-14(5-4-12-9)8-11(15)13-6-10-2-3-10/h9-10,12H,2-8H2,1H3,(H,13,15)/t9-/m0/s1. The molecule has 2 aliphatic rings. The second-order valence-corrected chi connectivity index (χ2v) is 4.84. The summed E-state index contributed by atoms with van der Waals surface area (Å²) in [6, 6.07) is 0.509. The van der Waals surface area contributed by atoms with Gasteiger partial charge in [-0.25, -0.2) is 0 Å². The average molecular weight is 211 g/mol. The Labute approximate surface area is 91.4 Å². The number of piperazine rings is 1. The third-order valence-corrected chi connectivity index (χ3v) is 3.10. The van der Waals surface area contributed by atoms with Gasteiger partial charge >= 0.3 is 0 Å². The van der Waals surface area contributed by atoms with Crippen molar-refractivity contribution in [3.8, 4) is 0 Å². The molecule has 0 spiro atoms. The van der Waals surface area contributed by atoms with Crippen LogP contribution >= 0.6 is 0 Å². The van der Waals surface area contributed by atoms with Gasteiger partial charge in [0.05, 0.1) is 6.54 Å². The molecule has 4 heteroatoms. The zero-order chi connectivity index (χ0) is 10.7. The van der Waals surface area contributed by atoms with E-state index in [4.69, 9.17) is 0 Å². The molecule has 4 nitrogen and oxygen atoms in total. The van der Waals surface area contributed by atoms with E-state index in [1.165, 1.54) is 12.8 Å². The fourth-order valence-electron chi connectivity index (χ4n) is 1.99. The Balaban J connectivity index is 1.63. The minimum Gasteiger partial charge on any atom is -0.355 e. The summed E-state index contributed by atoms with van der Waals surface area (Å²) in [5, 5.41) is 6.38. The van der Waals surface area contributed by atoms with Crippen LogP contribution in [0.1, 0.15) is 19.8 Å². The first-order valence-electron chi connectivity index (χ1n) is 5.96. The Morgan fingerprint density at radius 3 is 3.00 bits per heavy atom. The number of nitrogens with zero attached hydrogens (tertiary/aromatic N) is 1. The maximum absolute atomic E-state index is 11.6. The van der Waals surface area contributed by atoms with E-state index in [0.29, 0.717) is 12.6 Å². The highest BCUT2D eigenvalue weighted by molar-refractivity contribution is 5.78. The quantitative estimate of drug-likeness (QED) is 0.677. The second kappa shape index (κ2) is 4.94. The van der Waals surface area contributed by atoms with Gasteiger partial charge in [-0.2, -0.15) is 0 Å². The van der Waals surface area contributed by atoms with Crippen LogP contribution < -0.4 is 10.6 Å². The molecule has 1 aliphatic carbocycles. The molecule has 0 unspecified atom stereocenters. The highest BCUT2D eigenvalue weighted by atomic mass is 16.2. The van der Waals surface area contributed by atoms with E-state index in [1.807, 2.05) is 0 Å². The lowest BCUT2D eigenvalue weighted by atomic mass is 10.2. The van der Waals surface area contributed by atoms with Crippen molar-refractivity contribution in [1.82, 2.24) is 15.5 Å². The summed E-state index contributed by atoms with van der Waals surface area (Å²) >= 11 is 0. The molecule has 1 amide bonds. The number of carbonyl (C=O) groups is 1. The Morgan fingerprint density at radius 1 is 1.53 bits per heavy atom. The molecule has 1 aliphatic heterocycles. The van der Waals surface area contributed by atoms with Crippen molar-refractivity contribution in [3.63, 3.8) is 0 Å². The average Bonchev–Trinajstić information content (AvgIpc) is 2.98. The van der Waals surface area contributed by atoms with E-state index in [0.717, 1.165) is 32.1 Å². The summed E-state index contributed by atoms with van der Waals surface area (Å²) in [4.78, 5) is 13.8. The van der Waals surface area contributed by atoms with Crippen LogP contribution in [0.15, 0.2) is 0 Å². The Bertz CT molecular complexity index is 228. The lowest BCUT2D eigenvalue weighted by Crippen LogP contribution is -2.51. The Kier molecular flexibility index (Phi) is 3.59. The fourth-order valence-corrected chi connectivity index (χ4v) is 1.99. The van der Waals surface area contributed by atoms with Crippen molar-refractivity contribution in [1.29, 1.82) is 0 Å². The van der Waals surface area contributed by atoms with Gasteiger partial charge in [-0.15, -0.1) is 0 Å². The number of nitrogens with one attached hydrogen (secondary N) is 2. The molecule has 0 bridgehead atoms. The molecule has 1 heterocycles. The summed E-state index contributed by atoms with van der Waals surface area (Å²) in [5.41, 5.74) is 0. The molecule has 0 aromatic heterocycles. The SMILES string of the molecule is C[C@H]1CN(CC(=O)NCC2CC2)CCN1.